The number of halogens is 1. The molecule has 0 saturated carbocycles. The number of alkyl halides is 1. The van der Waals surface area contributed by atoms with E-state index in [1.54, 1.807) is 6.92 Å². The second kappa shape index (κ2) is 67.1. The lowest BCUT2D eigenvalue weighted by Gasteiger charge is -2.02. The smallest absolute Gasteiger partial charge is 0.0891 e. The van der Waals surface area contributed by atoms with E-state index in [0.717, 1.165) is 0 Å². The fourth-order valence-electron chi connectivity index (χ4n) is 0.553. The summed E-state index contributed by atoms with van der Waals surface area (Å²) in [6, 6.07) is 0.685. The van der Waals surface area contributed by atoms with Crippen LogP contribution < -0.4 is 5.32 Å². The molecule has 150 valence electrons. The molecule has 1 atom stereocenters. The van der Waals surface area contributed by atoms with Crippen LogP contribution in [-0.2, 0) is 0 Å². The Bertz CT molecular complexity index is 180. The third kappa shape index (κ3) is 129. The van der Waals surface area contributed by atoms with E-state index in [-0.39, 0.29) is 6.67 Å². The van der Waals surface area contributed by atoms with E-state index >= 15 is 0 Å². The van der Waals surface area contributed by atoms with Gasteiger partial charge in [0.1, 0.15) is 0 Å². The van der Waals surface area contributed by atoms with Gasteiger partial charge in [-0.2, -0.15) is 0 Å². The normalized spacial score (nSPS) is 8.00. The van der Waals surface area contributed by atoms with Crippen molar-refractivity contribution in [2.24, 2.45) is 0 Å². The predicted molar refractivity (Wildman–Crippen MR) is 117 cm³/mol. The van der Waals surface area contributed by atoms with Crippen LogP contribution in [0.5, 0.6) is 0 Å². The molecule has 0 radical (unpaired) electrons. The Balaban J connectivity index is -0.0000000426. The third-order valence-corrected chi connectivity index (χ3v) is 2.31. The van der Waals surface area contributed by atoms with Crippen LogP contribution in [0.1, 0.15) is 101 Å². The van der Waals surface area contributed by atoms with Gasteiger partial charge in [-0.05, 0) is 47.1 Å². The quantitative estimate of drug-likeness (QED) is 0.293. The summed E-state index contributed by atoms with van der Waals surface area (Å²) in [7, 11) is 1.98. The Morgan fingerprint density at radius 2 is 1.38 bits per heavy atom. The highest BCUT2D eigenvalue weighted by atomic mass is 19.1. The maximum atomic E-state index is 10.7. The van der Waals surface area contributed by atoms with Gasteiger partial charge in [-0.15, -0.1) is 18.4 Å². The van der Waals surface area contributed by atoms with Gasteiger partial charge >= 0.3 is 0 Å². The van der Waals surface area contributed by atoms with Crippen molar-refractivity contribution in [2.75, 3.05) is 13.7 Å². The Morgan fingerprint density at radius 1 is 1.00 bits per heavy atom. The molecule has 0 saturated heterocycles. The molecule has 0 heterocycles. The molecule has 0 amide bonds. The number of nitrogens with one attached hydrogen (secondary N) is 1. The second-order valence-corrected chi connectivity index (χ2v) is 4.22. The SMILES string of the molecule is C=CCCCC.CC.CC.CC#CC.CCCF.CC[C@H](C)NC. The fourth-order valence-corrected chi connectivity index (χ4v) is 0.553. The number of rotatable bonds is 6. The zero-order valence-electron chi connectivity index (χ0n) is 19.0. The zero-order valence-corrected chi connectivity index (χ0v) is 19.0. The van der Waals surface area contributed by atoms with Gasteiger partial charge in [0.15, 0.2) is 0 Å². The summed E-state index contributed by atoms with van der Waals surface area (Å²) >= 11 is 0. The lowest BCUT2D eigenvalue weighted by molar-refractivity contribution is 0.487. The van der Waals surface area contributed by atoms with Crippen LogP contribution in [0.2, 0.25) is 0 Å². The summed E-state index contributed by atoms with van der Waals surface area (Å²) in [6.45, 7) is 23.4. The van der Waals surface area contributed by atoms with Crippen molar-refractivity contribution < 1.29 is 4.39 Å². The summed E-state index contributed by atoms with van der Waals surface area (Å²) in [6.07, 6.45) is 7.59. The molecule has 0 aromatic carbocycles. The van der Waals surface area contributed by atoms with E-state index in [4.69, 9.17) is 0 Å². The molecule has 24 heavy (non-hydrogen) atoms. The Morgan fingerprint density at radius 3 is 1.42 bits per heavy atom. The van der Waals surface area contributed by atoms with Crippen LogP contribution in [0.4, 0.5) is 4.39 Å². The van der Waals surface area contributed by atoms with Gasteiger partial charge < -0.3 is 5.32 Å². The van der Waals surface area contributed by atoms with Gasteiger partial charge in [0.2, 0.25) is 0 Å². The zero-order chi connectivity index (χ0) is 20.6. The Kier molecular flexibility index (Phi) is 108. The second-order valence-electron chi connectivity index (χ2n) is 4.22. The van der Waals surface area contributed by atoms with E-state index in [0.29, 0.717) is 12.5 Å². The molecule has 0 aliphatic heterocycles. The van der Waals surface area contributed by atoms with Crippen molar-refractivity contribution >= 4 is 0 Å². The topological polar surface area (TPSA) is 12.0 Å². The van der Waals surface area contributed by atoms with Crippen molar-refractivity contribution in [1.29, 1.82) is 0 Å². The van der Waals surface area contributed by atoms with E-state index in [2.05, 4.69) is 44.5 Å². The minimum absolute atomic E-state index is 0.181. The van der Waals surface area contributed by atoms with Crippen molar-refractivity contribution in [2.45, 2.75) is 107 Å². The maximum Gasteiger partial charge on any atom is 0.0891 e. The predicted octanol–water partition coefficient (Wildman–Crippen LogP) is 7.81. The van der Waals surface area contributed by atoms with Gasteiger partial charge in [-0.3, -0.25) is 4.39 Å². The largest absolute Gasteiger partial charge is 0.317 e. The summed E-state index contributed by atoms with van der Waals surface area (Å²) in [5.41, 5.74) is 0. The van der Waals surface area contributed by atoms with E-state index in [1.165, 1.54) is 25.7 Å². The van der Waals surface area contributed by atoms with Crippen molar-refractivity contribution in [3.05, 3.63) is 12.7 Å². The fraction of sp³-hybridized carbons (Fsp3) is 0.818. The van der Waals surface area contributed by atoms with Crippen LogP contribution in [0.25, 0.3) is 0 Å². The standard InChI is InChI=1S/C6H12.C5H13N.C4H6.C3H7F.2C2H6/c1-3-5-6-4-2;1-4-5(2)6-3;1-3-4-2;1-2-3-4;2*1-2/h3H,1,4-6H2,2H3;5-6H,4H2,1-3H3;1-2H3;2-3H2,1H3;2*1-2H3/t;5-;;;;/m.0..../s1. The molecule has 0 aliphatic rings. The maximum absolute atomic E-state index is 10.7. The molecule has 0 unspecified atom stereocenters. The van der Waals surface area contributed by atoms with E-state index in [1.807, 2.05) is 54.7 Å². The molecule has 1 N–H and O–H groups in total. The van der Waals surface area contributed by atoms with Crippen LogP contribution >= 0.6 is 0 Å². The molecular formula is C22H50FN. The minimum Gasteiger partial charge on any atom is -0.317 e. The van der Waals surface area contributed by atoms with Crippen molar-refractivity contribution in [3.8, 4) is 11.8 Å². The van der Waals surface area contributed by atoms with Gasteiger partial charge in [0.25, 0.3) is 0 Å². The van der Waals surface area contributed by atoms with Gasteiger partial charge in [0.05, 0.1) is 6.67 Å². The van der Waals surface area contributed by atoms with Crippen molar-refractivity contribution in [3.63, 3.8) is 0 Å². The molecule has 0 fully saturated rings. The Labute approximate surface area is 155 Å². The first-order valence-corrected chi connectivity index (χ1v) is 9.73. The highest BCUT2D eigenvalue weighted by molar-refractivity contribution is 4.89. The minimum atomic E-state index is -0.181. The number of hydrogen-bond acceptors (Lipinski definition) is 1. The monoisotopic (exact) mass is 347 g/mol. The molecule has 0 rings (SSSR count). The molecule has 0 aliphatic carbocycles. The number of hydrogen-bond donors (Lipinski definition) is 1. The summed E-state index contributed by atoms with van der Waals surface area (Å²) < 4.78 is 10.7. The third-order valence-electron chi connectivity index (χ3n) is 2.31. The molecule has 0 bridgehead atoms. The molecule has 0 aromatic heterocycles. The first-order valence-electron chi connectivity index (χ1n) is 9.73. The lowest BCUT2D eigenvalue weighted by atomic mass is 10.3. The van der Waals surface area contributed by atoms with Crippen molar-refractivity contribution in [1.82, 2.24) is 5.32 Å². The van der Waals surface area contributed by atoms with Crippen LogP contribution in [0, 0.1) is 11.8 Å². The van der Waals surface area contributed by atoms with Crippen LogP contribution in [0.15, 0.2) is 12.7 Å². The first-order chi connectivity index (χ1) is 11.6. The molecule has 0 aromatic rings. The highest BCUT2D eigenvalue weighted by Crippen LogP contribution is 1.91. The molecular weight excluding hydrogens is 297 g/mol. The van der Waals surface area contributed by atoms with Gasteiger partial charge in [0, 0.05) is 6.04 Å². The Hall–Kier alpha value is -0.810. The average Bonchev–Trinajstić information content (AvgIpc) is 2.69. The van der Waals surface area contributed by atoms with Crippen LogP contribution in [-0.4, -0.2) is 19.8 Å². The molecule has 2 heteroatoms. The average molecular weight is 348 g/mol. The first kappa shape index (κ1) is 38.6. The summed E-state index contributed by atoms with van der Waals surface area (Å²) in [4.78, 5) is 0. The van der Waals surface area contributed by atoms with Gasteiger partial charge in [-0.25, -0.2) is 0 Å². The van der Waals surface area contributed by atoms with E-state index in [9.17, 15) is 4.39 Å². The van der Waals surface area contributed by atoms with Gasteiger partial charge in [-0.1, -0.05) is 67.4 Å². The summed E-state index contributed by atoms with van der Waals surface area (Å²) in [5, 5.41) is 3.11. The summed E-state index contributed by atoms with van der Waals surface area (Å²) in [5.74, 6) is 5.36. The molecule has 0 spiro atoms. The van der Waals surface area contributed by atoms with E-state index < -0.39 is 0 Å². The highest BCUT2D eigenvalue weighted by Gasteiger charge is 1.86. The number of unbranched alkanes of at least 4 members (excludes halogenated alkanes) is 2. The van der Waals surface area contributed by atoms with Crippen LogP contribution in [0.3, 0.4) is 0 Å². The number of allylic oxidation sites excluding steroid dienone is 1. The molecule has 1 nitrogen and oxygen atoms in total. The lowest BCUT2D eigenvalue weighted by Crippen LogP contribution is -2.19.